The van der Waals surface area contributed by atoms with Gasteiger partial charge in [-0.25, -0.2) is 0 Å². The highest BCUT2D eigenvalue weighted by molar-refractivity contribution is 5.78. The van der Waals surface area contributed by atoms with Crippen LogP contribution in [0.5, 0.6) is 0 Å². The molecule has 2 saturated heterocycles. The van der Waals surface area contributed by atoms with Crippen LogP contribution in [0.4, 0.5) is 0 Å². The molecule has 0 atom stereocenters. The van der Waals surface area contributed by atoms with Crippen LogP contribution in [0.3, 0.4) is 0 Å². The highest BCUT2D eigenvalue weighted by atomic mass is 16.2. The lowest BCUT2D eigenvalue weighted by Gasteiger charge is -2.38. The van der Waals surface area contributed by atoms with Crippen molar-refractivity contribution in [3.63, 3.8) is 0 Å². The summed E-state index contributed by atoms with van der Waals surface area (Å²) >= 11 is 0. The Morgan fingerprint density at radius 1 is 0.962 bits per heavy atom. The van der Waals surface area contributed by atoms with Crippen molar-refractivity contribution < 1.29 is 9.59 Å². The van der Waals surface area contributed by atoms with Crippen LogP contribution in [0.15, 0.2) is 0 Å². The van der Waals surface area contributed by atoms with Gasteiger partial charge in [0.05, 0.1) is 13.1 Å². The minimum atomic E-state index is 0.223. The number of likely N-dealkylation sites (tertiary alicyclic amines) is 1. The topological polar surface area (TPSA) is 55.9 Å². The Balaban J connectivity index is 0.00000163. The van der Waals surface area contributed by atoms with Crippen molar-refractivity contribution in [3.8, 4) is 0 Å². The Morgan fingerprint density at radius 3 is 2.04 bits per heavy atom. The van der Waals surface area contributed by atoms with Gasteiger partial charge in [-0.15, -0.1) is 0 Å². The monoisotopic (exact) mass is 368 g/mol. The fourth-order valence-electron chi connectivity index (χ4n) is 3.59. The van der Waals surface area contributed by atoms with E-state index in [2.05, 4.69) is 29.0 Å². The summed E-state index contributed by atoms with van der Waals surface area (Å²) in [5.74, 6) is 1.22. The first-order chi connectivity index (χ1) is 12.4. The lowest BCUT2D eigenvalue weighted by atomic mass is 9.95. The van der Waals surface area contributed by atoms with E-state index < -0.39 is 0 Å². The van der Waals surface area contributed by atoms with Crippen LogP contribution in [0.2, 0.25) is 0 Å². The Hall–Kier alpha value is -0.980. The van der Waals surface area contributed by atoms with Gasteiger partial charge in [0.1, 0.15) is 5.78 Å². The maximum Gasteiger partial charge on any atom is 0.236 e. The second-order valence-corrected chi connectivity index (χ2v) is 7.64. The van der Waals surface area contributed by atoms with E-state index in [9.17, 15) is 9.59 Å². The summed E-state index contributed by atoms with van der Waals surface area (Å²) in [4.78, 5) is 30.1. The summed E-state index contributed by atoms with van der Waals surface area (Å²) in [7, 11) is 0. The lowest BCUT2D eigenvalue weighted by molar-refractivity contribution is -0.132. The summed E-state index contributed by atoms with van der Waals surface area (Å²) in [5.41, 5.74) is 0. The summed E-state index contributed by atoms with van der Waals surface area (Å²) in [5, 5.41) is 3.20. The van der Waals surface area contributed by atoms with Crippen LogP contribution < -0.4 is 5.32 Å². The van der Waals surface area contributed by atoms with Gasteiger partial charge in [0.2, 0.25) is 5.91 Å². The van der Waals surface area contributed by atoms with Crippen LogP contribution in [-0.2, 0) is 9.59 Å². The lowest BCUT2D eigenvalue weighted by Crippen LogP contribution is -2.52. The van der Waals surface area contributed by atoms with Crippen molar-refractivity contribution in [1.82, 2.24) is 20.0 Å². The number of amides is 1. The second kappa shape index (κ2) is 12.4. The summed E-state index contributed by atoms with van der Waals surface area (Å²) < 4.78 is 0. The van der Waals surface area contributed by atoms with Crippen molar-refractivity contribution >= 4 is 11.7 Å². The fourth-order valence-corrected chi connectivity index (χ4v) is 3.59. The van der Waals surface area contributed by atoms with Gasteiger partial charge in [0.15, 0.2) is 0 Å². The number of carbonyl (C=O) groups is 2. The molecule has 0 spiro atoms. The van der Waals surface area contributed by atoms with E-state index in [1.54, 1.807) is 6.92 Å². The van der Waals surface area contributed by atoms with E-state index >= 15 is 0 Å². The van der Waals surface area contributed by atoms with Gasteiger partial charge in [0, 0.05) is 38.8 Å². The van der Waals surface area contributed by atoms with Crippen LogP contribution in [0, 0.1) is 5.92 Å². The Labute approximate surface area is 160 Å². The van der Waals surface area contributed by atoms with Gasteiger partial charge >= 0.3 is 0 Å². The predicted molar refractivity (Wildman–Crippen MR) is 107 cm³/mol. The molecule has 0 saturated carbocycles. The van der Waals surface area contributed by atoms with E-state index in [0.717, 1.165) is 51.7 Å². The van der Waals surface area contributed by atoms with Gasteiger partial charge < -0.3 is 10.2 Å². The number of hydrogen-bond acceptors (Lipinski definition) is 5. The standard InChI is InChI=1S/C18H34N4O2.C2H6/c1-15(2)19-12-18(24)22-10-8-21(9-11-22)14-17-4-6-20(7-5-17)13-16(3)23;1-2/h15,17,19H,4-14H2,1-3H3;1-2H3. The largest absolute Gasteiger partial charge is 0.339 e. The van der Waals surface area contributed by atoms with Crippen molar-refractivity contribution in [2.75, 3.05) is 58.9 Å². The highest BCUT2D eigenvalue weighted by Crippen LogP contribution is 2.19. The molecule has 6 nitrogen and oxygen atoms in total. The molecular formula is C20H40N4O2. The molecule has 26 heavy (non-hydrogen) atoms. The van der Waals surface area contributed by atoms with Crippen molar-refractivity contribution in [2.45, 2.75) is 53.5 Å². The second-order valence-electron chi connectivity index (χ2n) is 7.64. The quantitative estimate of drug-likeness (QED) is 0.737. The van der Waals surface area contributed by atoms with Gasteiger partial charge in [-0.05, 0) is 38.8 Å². The van der Waals surface area contributed by atoms with Crippen LogP contribution in [-0.4, -0.2) is 91.3 Å². The molecule has 2 heterocycles. The number of rotatable bonds is 7. The van der Waals surface area contributed by atoms with Crippen LogP contribution in [0.1, 0.15) is 47.5 Å². The maximum absolute atomic E-state index is 12.1. The fraction of sp³-hybridized carbons (Fsp3) is 0.900. The molecule has 1 amide bonds. The van der Waals surface area contributed by atoms with Crippen LogP contribution in [0.25, 0.3) is 0 Å². The van der Waals surface area contributed by atoms with Crippen molar-refractivity contribution in [1.29, 1.82) is 0 Å². The molecule has 6 heteroatoms. The number of nitrogens with one attached hydrogen (secondary N) is 1. The predicted octanol–water partition coefficient (Wildman–Crippen LogP) is 1.46. The first-order valence-electron chi connectivity index (χ1n) is 10.4. The molecule has 0 aromatic carbocycles. The molecule has 1 N–H and O–H groups in total. The average molecular weight is 369 g/mol. The minimum absolute atomic E-state index is 0.223. The van der Waals surface area contributed by atoms with Crippen molar-refractivity contribution in [2.24, 2.45) is 5.92 Å². The van der Waals surface area contributed by atoms with Gasteiger partial charge in [-0.1, -0.05) is 27.7 Å². The Kier molecular flexibility index (Phi) is 11.0. The average Bonchev–Trinajstić information content (AvgIpc) is 2.63. The van der Waals surface area contributed by atoms with E-state index in [4.69, 9.17) is 0 Å². The number of piperidine rings is 1. The number of hydrogen-bond donors (Lipinski definition) is 1. The number of carbonyl (C=O) groups excluding carboxylic acids is 2. The molecule has 0 aliphatic carbocycles. The molecule has 0 radical (unpaired) electrons. The smallest absolute Gasteiger partial charge is 0.236 e. The van der Waals surface area contributed by atoms with E-state index in [1.165, 1.54) is 12.8 Å². The molecule has 0 aromatic heterocycles. The molecule has 2 fully saturated rings. The van der Waals surface area contributed by atoms with Crippen molar-refractivity contribution in [3.05, 3.63) is 0 Å². The number of piperazine rings is 1. The van der Waals surface area contributed by atoms with E-state index in [0.29, 0.717) is 19.1 Å². The molecule has 0 unspecified atom stereocenters. The maximum atomic E-state index is 12.1. The van der Waals surface area contributed by atoms with Gasteiger partial charge in [-0.2, -0.15) is 0 Å². The first-order valence-corrected chi connectivity index (χ1v) is 10.4. The summed E-state index contributed by atoms with van der Waals surface area (Å²) in [6.07, 6.45) is 2.37. The summed E-state index contributed by atoms with van der Waals surface area (Å²) in [6, 6.07) is 0.351. The molecule has 0 bridgehead atoms. The minimum Gasteiger partial charge on any atom is -0.339 e. The SMILES string of the molecule is CC.CC(=O)CN1CCC(CN2CCN(C(=O)CNC(C)C)CC2)CC1. The normalized spacial score (nSPS) is 20.0. The summed E-state index contributed by atoms with van der Waals surface area (Å²) in [6.45, 7) is 17.8. The molecule has 152 valence electrons. The van der Waals surface area contributed by atoms with E-state index in [-0.39, 0.29) is 11.7 Å². The molecular weight excluding hydrogens is 328 g/mol. The molecule has 2 rings (SSSR count). The third kappa shape index (κ3) is 8.60. The Morgan fingerprint density at radius 2 is 1.54 bits per heavy atom. The zero-order valence-electron chi connectivity index (χ0n) is 17.6. The number of ketones is 1. The third-order valence-corrected chi connectivity index (χ3v) is 5.06. The van der Waals surface area contributed by atoms with Gasteiger partial charge in [0.25, 0.3) is 0 Å². The zero-order chi connectivity index (χ0) is 19.5. The number of Topliss-reactive ketones (excluding diaryl/α,β-unsaturated/α-hetero) is 1. The van der Waals surface area contributed by atoms with Crippen LogP contribution >= 0.6 is 0 Å². The molecule has 0 aromatic rings. The third-order valence-electron chi connectivity index (χ3n) is 5.06. The molecule has 2 aliphatic heterocycles. The first kappa shape index (κ1) is 23.1. The number of nitrogens with zero attached hydrogens (tertiary/aromatic N) is 3. The highest BCUT2D eigenvalue weighted by Gasteiger charge is 2.25. The van der Waals surface area contributed by atoms with E-state index in [1.807, 2.05) is 18.7 Å². The zero-order valence-corrected chi connectivity index (χ0v) is 17.6. The molecule has 2 aliphatic rings. The Bertz CT molecular complexity index is 412. The van der Waals surface area contributed by atoms with Gasteiger partial charge in [-0.3, -0.25) is 19.4 Å².